The minimum Gasteiger partial charge on any atom is -0.374 e. The van der Waals surface area contributed by atoms with Gasteiger partial charge in [0.05, 0.1) is 18.8 Å². The fourth-order valence-electron chi connectivity index (χ4n) is 2.81. The SMILES string of the molecule is CC(C)N1CCOC(CN)C1c1cccc(C(F)F)c1. The van der Waals surface area contributed by atoms with Gasteiger partial charge >= 0.3 is 0 Å². The first kappa shape index (κ1) is 15.4. The van der Waals surface area contributed by atoms with Gasteiger partial charge in [0, 0.05) is 24.7 Å². The van der Waals surface area contributed by atoms with Gasteiger partial charge in [-0.1, -0.05) is 18.2 Å². The van der Waals surface area contributed by atoms with Crippen molar-refractivity contribution >= 4 is 0 Å². The van der Waals surface area contributed by atoms with Gasteiger partial charge in [-0.15, -0.1) is 0 Å². The fourth-order valence-corrected chi connectivity index (χ4v) is 2.81. The van der Waals surface area contributed by atoms with Crippen LogP contribution < -0.4 is 5.73 Å². The summed E-state index contributed by atoms with van der Waals surface area (Å²) < 4.78 is 31.5. The van der Waals surface area contributed by atoms with Crippen LogP contribution in [0.2, 0.25) is 0 Å². The smallest absolute Gasteiger partial charge is 0.263 e. The standard InChI is InChI=1S/C15H22F2N2O/c1-10(2)19-6-7-20-13(9-18)14(19)11-4-3-5-12(8-11)15(16)17/h3-5,8,10,13-15H,6-7,9,18H2,1-2H3. The first-order valence-corrected chi connectivity index (χ1v) is 7.00. The fraction of sp³-hybridized carbons (Fsp3) is 0.600. The molecule has 112 valence electrons. The van der Waals surface area contributed by atoms with Crippen LogP contribution in [-0.4, -0.2) is 36.7 Å². The summed E-state index contributed by atoms with van der Waals surface area (Å²) >= 11 is 0. The molecule has 0 amide bonds. The molecule has 1 aliphatic heterocycles. The number of alkyl halides is 2. The van der Waals surface area contributed by atoms with Crippen LogP contribution in [0.5, 0.6) is 0 Å². The molecule has 1 heterocycles. The average Bonchev–Trinajstić information content (AvgIpc) is 2.46. The van der Waals surface area contributed by atoms with Crippen molar-refractivity contribution in [3.63, 3.8) is 0 Å². The Labute approximate surface area is 118 Å². The highest BCUT2D eigenvalue weighted by Gasteiger charge is 2.34. The molecule has 0 aromatic heterocycles. The molecule has 1 aromatic carbocycles. The van der Waals surface area contributed by atoms with E-state index in [9.17, 15) is 8.78 Å². The minimum atomic E-state index is -2.46. The van der Waals surface area contributed by atoms with E-state index >= 15 is 0 Å². The highest BCUT2D eigenvalue weighted by molar-refractivity contribution is 5.28. The van der Waals surface area contributed by atoms with Gasteiger partial charge in [-0.3, -0.25) is 4.90 Å². The van der Waals surface area contributed by atoms with E-state index in [1.54, 1.807) is 12.1 Å². The second-order valence-corrected chi connectivity index (χ2v) is 5.39. The van der Waals surface area contributed by atoms with Crippen molar-refractivity contribution in [2.75, 3.05) is 19.7 Å². The molecule has 0 bridgehead atoms. The number of halogens is 2. The predicted octanol–water partition coefficient (Wildman–Crippen LogP) is 2.73. The van der Waals surface area contributed by atoms with E-state index in [-0.39, 0.29) is 17.7 Å². The lowest BCUT2D eigenvalue weighted by Crippen LogP contribution is -2.50. The summed E-state index contributed by atoms with van der Waals surface area (Å²) in [5.41, 5.74) is 6.69. The molecule has 2 unspecified atom stereocenters. The van der Waals surface area contributed by atoms with Crippen molar-refractivity contribution in [3.8, 4) is 0 Å². The molecule has 0 saturated carbocycles. The van der Waals surface area contributed by atoms with Gasteiger partial charge in [-0.25, -0.2) is 8.78 Å². The molecule has 2 rings (SSSR count). The van der Waals surface area contributed by atoms with Gasteiger partial charge in [-0.05, 0) is 25.5 Å². The minimum absolute atomic E-state index is 0.0487. The summed E-state index contributed by atoms with van der Waals surface area (Å²) in [5, 5.41) is 0. The lowest BCUT2D eigenvalue weighted by Gasteiger charge is -2.43. The Balaban J connectivity index is 2.35. The van der Waals surface area contributed by atoms with E-state index in [4.69, 9.17) is 10.5 Å². The number of nitrogens with two attached hydrogens (primary N) is 1. The van der Waals surface area contributed by atoms with Crippen molar-refractivity contribution < 1.29 is 13.5 Å². The number of rotatable bonds is 4. The molecule has 2 atom stereocenters. The Morgan fingerprint density at radius 2 is 2.15 bits per heavy atom. The Bertz CT molecular complexity index is 440. The van der Waals surface area contributed by atoms with Crippen LogP contribution in [0.1, 0.15) is 37.4 Å². The summed E-state index contributed by atoms with van der Waals surface area (Å²) in [6, 6.07) is 6.83. The normalized spacial score (nSPS) is 24.6. The third-order valence-electron chi connectivity index (χ3n) is 3.79. The highest BCUT2D eigenvalue weighted by Crippen LogP contribution is 2.32. The lowest BCUT2D eigenvalue weighted by molar-refractivity contribution is -0.0790. The number of morpholine rings is 1. The van der Waals surface area contributed by atoms with Crippen LogP contribution >= 0.6 is 0 Å². The van der Waals surface area contributed by atoms with Crippen LogP contribution in [0.15, 0.2) is 24.3 Å². The lowest BCUT2D eigenvalue weighted by atomic mass is 9.95. The molecule has 3 nitrogen and oxygen atoms in total. The zero-order chi connectivity index (χ0) is 14.7. The third kappa shape index (κ3) is 3.16. The van der Waals surface area contributed by atoms with Gasteiger partial charge in [0.15, 0.2) is 0 Å². The summed E-state index contributed by atoms with van der Waals surface area (Å²) in [7, 11) is 0. The van der Waals surface area contributed by atoms with Gasteiger partial charge in [0.25, 0.3) is 6.43 Å². The van der Waals surface area contributed by atoms with Crippen molar-refractivity contribution in [2.45, 2.75) is 38.5 Å². The molecule has 0 radical (unpaired) electrons. The molecule has 1 aliphatic rings. The maximum atomic E-state index is 12.9. The van der Waals surface area contributed by atoms with Crippen LogP contribution in [0.25, 0.3) is 0 Å². The average molecular weight is 284 g/mol. The van der Waals surface area contributed by atoms with Crippen molar-refractivity contribution in [3.05, 3.63) is 35.4 Å². The molecule has 1 saturated heterocycles. The Morgan fingerprint density at radius 1 is 1.40 bits per heavy atom. The molecule has 2 N–H and O–H groups in total. The summed E-state index contributed by atoms with van der Waals surface area (Å²) in [4.78, 5) is 2.27. The van der Waals surface area contributed by atoms with Gasteiger partial charge in [0.2, 0.25) is 0 Å². The first-order chi connectivity index (χ1) is 9.54. The molecule has 5 heteroatoms. The van der Waals surface area contributed by atoms with Crippen LogP contribution in [-0.2, 0) is 4.74 Å². The Morgan fingerprint density at radius 3 is 2.75 bits per heavy atom. The number of benzene rings is 1. The number of nitrogens with zero attached hydrogens (tertiary/aromatic N) is 1. The van der Waals surface area contributed by atoms with E-state index in [0.717, 1.165) is 12.1 Å². The van der Waals surface area contributed by atoms with E-state index in [1.165, 1.54) is 6.07 Å². The number of ether oxygens (including phenoxy) is 1. The van der Waals surface area contributed by atoms with Gasteiger partial charge < -0.3 is 10.5 Å². The zero-order valence-electron chi connectivity index (χ0n) is 11.9. The summed E-state index contributed by atoms with van der Waals surface area (Å²) in [5.74, 6) is 0. The third-order valence-corrected chi connectivity index (χ3v) is 3.79. The van der Waals surface area contributed by atoms with Crippen LogP contribution in [0.4, 0.5) is 8.78 Å². The predicted molar refractivity (Wildman–Crippen MR) is 74.8 cm³/mol. The Kier molecular flexibility index (Phi) is 5.07. The van der Waals surface area contributed by atoms with Crippen LogP contribution in [0, 0.1) is 0 Å². The Hall–Kier alpha value is -1.04. The second-order valence-electron chi connectivity index (χ2n) is 5.39. The molecular weight excluding hydrogens is 262 g/mol. The highest BCUT2D eigenvalue weighted by atomic mass is 19.3. The van der Waals surface area contributed by atoms with E-state index in [0.29, 0.717) is 19.2 Å². The molecule has 1 fully saturated rings. The largest absolute Gasteiger partial charge is 0.374 e. The zero-order valence-corrected chi connectivity index (χ0v) is 11.9. The van der Waals surface area contributed by atoms with Crippen LogP contribution in [0.3, 0.4) is 0 Å². The quantitative estimate of drug-likeness (QED) is 0.924. The van der Waals surface area contributed by atoms with Crippen molar-refractivity contribution in [1.29, 1.82) is 0 Å². The molecule has 1 aromatic rings. The number of hydrogen-bond donors (Lipinski definition) is 1. The van der Waals surface area contributed by atoms with Crippen molar-refractivity contribution in [1.82, 2.24) is 4.90 Å². The second kappa shape index (κ2) is 6.61. The molecule has 0 spiro atoms. The number of hydrogen-bond acceptors (Lipinski definition) is 3. The van der Waals surface area contributed by atoms with Gasteiger partial charge in [-0.2, -0.15) is 0 Å². The molecule has 20 heavy (non-hydrogen) atoms. The molecular formula is C15H22F2N2O. The maximum Gasteiger partial charge on any atom is 0.263 e. The topological polar surface area (TPSA) is 38.5 Å². The van der Waals surface area contributed by atoms with Gasteiger partial charge in [0.1, 0.15) is 0 Å². The maximum absolute atomic E-state index is 12.9. The van der Waals surface area contributed by atoms with E-state index in [2.05, 4.69) is 18.7 Å². The summed E-state index contributed by atoms with van der Waals surface area (Å²) in [6.45, 7) is 6.00. The monoisotopic (exact) mass is 284 g/mol. The van der Waals surface area contributed by atoms with E-state index in [1.807, 2.05) is 6.07 Å². The van der Waals surface area contributed by atoms with Crippen molar-refractivity contribution in [2.24, 2.45) is 5.73 Å². The molecule has 0 aliphatic carbocycles. The summed E-state index contributed by atoms with van der Waals surface area (Å²) in [6.07, 6.45) is -2.61. The first-order valence-electron chi connectivity index (χ1n) is 7.00. The van der Waals surface area contributed by atoms with E-state index < -0.39 is 6.43 Å².